The molecule has 1 saturated carbocycles. The number of halogens is 1. The highest BCUT2D eigenvalue weighted by Crippen LogP contribution is 2.48. The Morgan fingerprint density at radius 3 is 2.57 bits per heavy atom. The highest BCUT2D eigenvalue weighted by atomic mass is 19.1. The highest BCUT2D eigenvalue weighted by Gasteiger charge is 2.56. The van der Waals surface area contributed by atoms with E-state index in [1.165, 1.54) is 12.1 Å². The Hall–Kier alpha value is -3.19. The summed E-state index contributed by atoms with van der Waals surface area (Å²) in [6, 6.07) is 6.15. The Balaban J connectivity index is 1.32. The van der Waals surface area contributed by atoms with Gasteiger partial charge in [-0.15, -0.1) is 0 Å². The Labute approximate surface area is 203 Å². The third-order valence-electron chi connectivity index (χ3n) is 7.29. The molecule has 1 aromatic rings. The van der Waals surface area contributed by atoms with Crippen molar-refractivity contribution in [2.45, 2.75) is 75.8 Å². The summed E-state index contributed by atoms with van der Waals surface area (Å²) in [5, 5.41) is 12.3. The van der Waals surface area contributed by atoms with Crippen LogP contribution in [0.4, 0.5) is 14.9 Å². The van der Waals surface area contributed by atoms with Gasteiger partial charge in [-0.05, 0) is 70.2 Å². The molecule has 3 aliphatic heterocycles. The van der Waals surface area contributed by atoms with Gasteiger partial charge in [-0.2, -0.15) is 5.26 Å². The summed E-state index contributed by atoms with van der Waals surface area (Å²) in [5.74, 6) is -0.427. The Bertz CT molecular complexity index is 1080. The molecule has 1 N–H and O–H groups in total. The van der Waals surface area contributed by atoms with Crippen LogP contribution in [0.15, 0.2) is 24.3 Å². The highest BCUT2D eigenvalue weighted by molar-refractivity contribution is 6.01. The summed E-state index contributed by atoms with van der Waals surface area (Å²) in [7, 11) is 0. The van der Waals surface area contributed by atoms with Gasteiger partial charge in [0.2, 0.25) is 11.8 Å². The van der Waals surface area contributed by atoms with E-state index in [-0.39, 0.29) is 36.3 Å². The molecule has 4 fully saturated rings. The number of rotatable bonds is 5. The van der Waals surface area contributed by atoms with Gasteiger partial charge < -0.3 is 19.9 Å². The van der Waals surface area contributed by atoms with Gasteiger partial charge >= 0.3 is 6.09 Å². The molecule has 2 bridgehead atoms. The van der Waals surface area contributed by atoms with Gasteiger partial charge in [-0.3, -0.25) is 14.5 Å². The molecule has 10 heteroatoms. The summed E-state index contributed by atoms with van der Waals surface area (Å²) in [6.07, 6.45) is 1.42. The fourth-order valence-electron chi connectivity index (χ4n) is 5.74. The van der Waals surface area contributed by atoms with Crippen LogP contribution in [0.25, 0.3) is 0 Å². The summed E-state index contributed by atoms with van der Waals surface area (Å²) in [5.41, 5.74) is -0.0859. The monoisotopic (exact) mass is 483 g/mol. The number of nitrogens with one attached hydrogen (secondary N) is 1. The van der Waals surface area contributed by atoms with Crippen molar-refractivity contribution in [3.63, 3.8) is 0 Å². The molecule has 3 amide bonds. The van der Waals surface area contributed by atoms with Gasteiger partial charge in [-0.25, -0.2) is 9.18 Å². The third-order valence-corrected chi connectivity index (χ3v) is 7.29. The maximum atomic E-state index is 13.6. The van der Waals surface area contributed by atoms with Crippen LogP contribution in [0.1, 0.15) is 40.0 Å². The molecule has 186 valence electrons. The van der Waals surface area contributed by atoms with Crippen molar-refractivity contribution in [3.8, 4) is 6.07 Å². The van der Waals surface area contributed by atoms with Crippen molar-refractivity contribution >= 4 is 23.6 Å². The number of carbonyl (C=O) groups excluding carboxylic acids is 3. The third kappa shape index (κ3) is 4.45. The number of ether oxygens (including phenoxy) is 1. The number of nitriles is 1. The molecule has 1 aromatic carbocycles. The van der Waals surface area contributed by atoms with Crippen molar-refractivity contribution in [2.75, 3.05) is 18.0 Å². The fourth-order valence-corrected chi connectivity index (χ4v) is 5.74. The van der Waals surface area contributed by atoms with E-state index in [0.29, 0.717) is 31.0 Å². The van der Waals surface area contributed by atoms with Gasteiger partial charge in [0.15, 0.2) is 0 Å². The number of hydrogen-bond donors (Lipinski definition) is 1. The lowest BCUT2D eigenvalue weighted by Gasteiger charge is -2.36. The smallest absolute Gasteiger partial charge is 0.408 e. The molecule has 3 heterocycles. The van der Waals surface area contributed by atoms with E-state index in [9.17, 15) is 24.0 Å². The molecular formula is C25H30FN5O4. The summed E-state index contributed by atoms with van der Waals surface area (Å²) < 4.78 is 18.7. The van der Waals surface area contributed by atoms with Crippen molar-refractivity contribution in [1.29, 1.82) is 5.26 Å². The minimum absolute atomic E-state index is 0.0423. The summed E-state index contributed by atoms with van der Waals surface area (Å²) in [4.78, 5) is 44.6. The zero-order valence-corrected chi connectivity index (χ0v) is 20.1. The fraction of sp³-hybridized carbons (Fsp3) is 0.600. The van der Waals surface area contributed by atoms with Gasteiger partial charge in [0.1, 0.15) is 23.5 Å². The number of fused-ring (bicyclic) bond motifs is 3. The molecule has 6 atom stereocenters. The van der Waals surface area contributed by atoms with Crippen LogP contribution in [0.5, 0.6) is 0 Å². The normalized spacial score (nSPS) is 30.1. The first-order valence-corrected chi connectivity index (χ1v) is 12.1. The van der Waals surface area contributed by atoms with Crippen LogP contribution in [-0.2, 0) is 14.3 Å². The molecular weight excluding hydrogens is 453 g/mol. The molecule has 35 heavy (non-hydrogen) atoms. The number of hydrogen-bond acceptors (Lipinski definition) is 6. The Kier molecular flexibility index (Phi) is 5.71. The summed E-state index contributed by atoms with van der Waals surface area (Å²) >= 11 is 0. The molecule has 0 unspecified atom stereocenters. The van der Waals surface area contributed by atoms with E-state index >= 15 is 0 Å². The van der Waals surface area contributed by atoms with Gasteiger partial charge in [-0.1, -0.05) is 0 Å². The minimum Gasteiger partial charge on any atom is -0.444 e. The number of anilines is 1. The number of amides is 3. The first-order valence-electron chi connectivity index (χ1n) is 12.1. The second-order valence-electron chi connectivity index (χ2n) is 10.9. The number of benzene rings is 1. The van der Waals surface area contributed by atoms with Crippen molar-refractivity contribution in [3.05, 3.63) is 30.1 Å². The Morgan fingerprint density at radius 2 is 1.94 bits per heavy atom. The van der Waals surface area contributed by atoms with Crippen molar-refractivity contribution in [1.82, 2.24) is 15.1 Å². The van der Waals surface area contributed by atoms with E-state index in [1.807, 2.05) is 4.90 Å². The summed E-state index contributed by atoms with van der Waals surface area (Å²) in [6.45, 7) is 5.90. The first kappa shape index (κ1) is 23.5. The van der Waals surface area contributed by atoms with Crippen molar-refractivity contribution < 1.29 is 23.5 Å². The number of piperazine rings is 1. The van der Waals surface area contributed by atoms with Gasteiger partial charge in [0.25, 0.3) is 0 Å². The molecule has 4 aliphatic rings. The molecule has 3 saturated heterocycles. The van der Waals surface area contributed by atoms with Crippen molar-refractivity contribution in [2.24, 2.45) is 5.92 Å². The molecule has 0 aromatic heterocycles. The molecule has 5 rings (SSSR count). The van der Waals surface area contributed by atoms with Gasteiger partial charge in [0, 0.05) is 24.8 Å². The lowest BCUT2D eigenvalue weighted by Crippen LogP contribution is -2.59. The second kappa shape index (κ2) is 8.48. The number of likely N-dealkylation sites (tertiary alicyclic amines) is 2. The van der Waals surface area contributed by atoms with E-state index in [4.69, 9.17) is 4.74 Å². The molecule has 0 spiro atoms. The topological polar surface area (TPSA) is 106 Å². The van der Waals surface area contributed by atoms with Crippen LogP contribution in [0.2, 0.25) is 0 Å². The van der Waals surface area contributed by atoms with Crippen LogP contribution < -0.4 is 10.2 Å². The van der Waals surface area contributed by atoms with E-state index in [2.05, 4.69) is 11.4 Å². The quantitative estimate of drug-likeness (QED) is 0.687. The maximum absolute atomic E-state index is 13.6. The van der Waals surface area contributed by atoms with Gasteiger partial charge in [0.05, 0.1) is 18.2 Å². The first-order chi connectivity index (χ1) is 16.6. The lowest BCUT2D eigenvalue weighted by atomic mass is 10.1. The van der Waals surface area contributed by atoms with Crippen LogP contribution in [0, 0.1) is 23.1 Å². The van der Waals surface area contributed by atoms with Crippen LogP contribution in [0.3, 0.4) is 0 Å². The predicted octanol–water partition coefficient (Wildman–Crippen LogP) is 2.02. The van der Waals surface area contributed by atoms with E-state index in [1.54, 1.807) is 42.7 Å². The number of piperidine rings is 1. The second-order valence-corrected chi connectivity index (χ2v) is 10.9. The SMILES string of the molecule is CC(C)(C)OC(=O)N[C@@H](CN1C[C@@H]2C[C@H]1C(=O)N2c1ccc(F)cc1)C(=O)N1[C@H](C#N)C[C@@H]2C[C@@H]21. The van der Waals surface area contributed by atoms with E-state index in [0.717, 1.165) is 6.42 Å². The predicted molar refractivity (Wildman–Crippen MR) is 124 cm³/mol. The Morgan fingerprint density at radius 1 is 1.23 bits per heavy atom. The number of nitrogens with zero attached hydrogens (tertiary/aromatic N) is 4. The number of carbonyl (C=O) groups is 3. The van der Waals surface area contributed by atoms with Crippen LogP contribution >= 0.6 is 0 Å². The zero-order valence-electron chi connectivity index (χ0n) is 20.1. The lowest BCUT2D eigenvalue weighted by molar-refractivity contribution is -0.136. The molecule has 1 aliphatic carbocycles. The standard InChI is InChI=1S/C25H30FN5O4/c1-25(2,3)35-24(34)28-19(22(32)31-17(11-27)8-14-9-20(14)31)13-29-12-18-10-21(29)23(33)30(18)16-6-4-15(26)5-7-16/h4-7,14,17-21H,8-10,12-13H2,1-3H3,(H,28,34)/t14-,17+,18+,19+,20+,21+/m1/s1. The molecule has 9 nitrogen and oxygen atoms in total. The average Bonchev–Trinajstić information content (AvgIpc) is 3.11. The molecule has 0 radical (unpaired) electrons. The maximum Gasteiger partial charge on any atom is 0.408 e. The zero-order chi connectivity index (χ0) is 25.1. The largest absolute Gasteiger partial charge is 0.444 e. The van der Waals surface area contributed by atoms with E-state index < -0.39 is 29.8 Å². The van der Waals surface area contributed by atoms with Crippen LogP contribution in [-0.4, -0.2) is 76.6 Å². The number of alkyl carbamates (subject to hydrolysis) is 1. The minimum atomic E-state index is -0.938. The average molecular weight is 484 g/mol.